The standard InChI is InChI=1S/C28H25Cl2N3O4S/c1-19-3-7-21(8-4-19)28(34)32-31-16-24-11-12-25(37-24)18-33(17-22-9-10-23(29)15-27(22)30)38(35,36)26-13-5-20(2)6-14-26/h3-16H,17-18H2,1-2H3,(H,32,34)/b31-16-. The van der Waals surface area contributed by atoms with Crippen molar-refractivity contribution in [3.63, 3.8) is 0 Å². The highest BCUT2D eigenvalue weighted by atomic mass is 35.5. The van der Waals surface area contributed by atoms with Gasteiger partial charge in [-0.15, -0.1) is 0 Å². The Hall–Kier alpha value is -3.43. The SMILES string of the molecule is Cc1ccc(C(=O)N/N=C\c2ccc(CN(Cc3ccc(Cl)cc3Cl)S(=O)(=O)c3ccc(C)cc3)o2)cc1. The number of nitrogens with one attached hydrogen (secondary N) is 1. The summed E-state index contributed by atoms with van der Waals surface area (Å²) in [5.41, 5.74) is 5.51. The second kappa shape index (κ2) is 12.0. The predicted molar refractivity (Wildman–Crippen MR) is 149 cm³/mol. The van der Waals surface area contributed by atoms with Gasteiger partial charge in [0.2, 0.25) is 10.0 Å². The topological polar surface area (TPSA) is 92.0 Å². The molecule has 0 aliphatic rings. The zero-order valence-electron chi connectivity index (χ0n) is 20.7. The Kier molecular flexibility index (Phi) is 8.69. The van der Waals surface area contributed by atoms with E-state index in [4.69, 9.17) is 27.6 Å². The van der Waals surface area contributed by atoms with Gasteiger partial charge in [-0.25, -0.2) is 13.8 Å². The zero-order chi connectivity index (χ0) is 27.3. The van der Waals surface area contributed by atoms with Crippen molar-refractivity contribution >= 4 is 45.3 Å². The van der Waals surface area contributed by atoms with Crippen molar-refractivity contribution in [3.8, 4) is 0 Å². The Morgan fingerprint density at radius 2 is 1.58 bits per heavy atom. The maximum Gasteiger partial charge on any atom is 0.271 e. The van der Waals surface area contributed by atoms with E-state index in [1.54, 1.807) is 66.7 Å². The number of benzene rings is 3. The highest BCUT2D eigenvalue weighted by Gasteiger charge is 2.27. The van der Waals surface area contributed by atoms with Crippen molar-refractivity contribution in [2.75, 3.05) is 0 Å². The van der Waals surface area contributed by atoms with Crippen molar-refractivity contribution in [1.29, 1.82) is 0 Å². The molecule has 1 aromatic heterocycles. The first-order valence-corrected chi connectivity index (χ1v) is 13.8. The van der Waals surface area contributed by atoms with Crippen LogP contribution in [0.5, 0.6) is 0 Å². The molecule has 10 heteroatoms. The summed E-state index contributed by atoms with van der Waals surface area (Å²) in [6.45, 7) is 3.77. The molecule has 4 rings (SSSR count). The smallest absolute Gasteiger partial charge is 0.271 e. The molecule has 0 bridgehead atoms. The normalized spacial score (nSPS) is 11.8. The van der Waals surface area contributed by atoms with E-state index in [1.807, 2.05) is 26.0 Å². The van der Waals surface area contributed by atoms with Gasteiger partial charge in [0.15, 0.2) is 0 Å². The van der Waals surface area contributed by atoms with Crippen LogP contribution in [-0.2, 0) is 23.1 Å². The van der Waals surface area contributed by atoms with Gasteiger partial charge in [-0.1, -0.05) is 64.7 Å². The van der Waals surface area contributed by atoms with E-state index < -0.39 is 10.0 Å². The monoisotopic (exact) mass is 569 g/mol. The number of hydrogen-bond acceptors (Lipinski definition) is 5. The van der Waals surface area contributed by atoms with Gasteiger partial charge in [-0.05, 0) is 67.9 Å². The third kappa shape index (κ3) is 6.90. The molecule has 1 heterocycles. The van der Waals surface area contributed by atoms with E-state index in [2.05, 4.69) is 10.5 Å². The predicted octanol–water partition coefficient (Wildman–Crippen LogP) is 6.36. The molecule has 3 aromatic carbocycles. The Morgan fingerprint density at radius 1 is 0.921 bits per heavy atom. The molecule has 0 radical (unpaired) electrons. The lowest BCUT2D eigenvalue weighted by Crippen LogP contribution is -2.30. The minimum atomic E-state index is -3.90. The first kappa shape index (κ1) is 27.6. The number of carbonyl (C=O) groups excluding carboxylic acids is 1. The molecule has 0 spiro atoms. The van der Waals surface area contributed by atoms with E-state index >= 15 is 0 Å². The van der Waals surface area contributed by atoms with E-state index in [-0.39, 0.29) is 23.9 Å². The van der Waals surface area contributed by atoms with Gasteiger partial charge in [0.25, 0.3) is 5.91 Å². The third-order valence-corrected chi connectivity index (χ3v) is 8.10. The second-order valence-corrected chi connectivity index (χ2v) is 11.5. The summed E-state index contributed by atoms with van der Waals surface area (Å²) in [6.07, 6.45) is 1.35. The number of sulfonamides is 1. The van der Waals surface area contributed by atoms with Crippen LogP contribution in [0, 0.1) is 13.8 Å². The lowest BCUT2D eigenvalue weighted by atomic mass is 10.1. The maximum atomic E-state index is 13.6. The van der Waals surface area contributed by atoms with E-state index in [1.165, 1.54) is 10.5 Å². The fourth-order valence-electron chi connectivity index (χ4n) is 3.57. The third-order valence-electron chi connectivity index (χ3n) is 5.71. The number of rotatable bonds is 9. The van der Waals surface area contributed by atoms with Gasteiger partial charge < -0.3 is 4.42 Å². The molecule has 7 nitrogen and oxygen atoms in total. The fourth-order valence-corrected chi connectivity index (χ4v) is 5.42. The van der Waals surface area contributed by atoms with Crippen LogP contribution in [0.3, 0.4) is 0 Å². The van der Waals surface area contributed by atoms with Crippen molar-refractivity contribution in [1.82, 2.24) is 9.73 Å². The molecule has 196 valence electrons. The fraction of sp³-hybridized carbons (Fsp3) is 0.143. The van der Waals surface area contributed by atoms with Gasteiger partial charge in [-0.3, -0.25) is 4.79 Å². The Bertz CT molecular complexity index is 1560. The van der Waals surface area contributed by atoms with Crippen molar-refractivity contribution in [2.45, 2.75) is 31.8 Å². The highest BCUT2D eigenvalue weighted by Crippen LogP contribution is 2.27. The van der Waals surface area contributed by atoms with Crippen LogP contribution in [0.1, 0.15) is 38.6 Å². The molecule has 0 aliphatic heterocycles. The second-order valence-electron chi connectivity index (χ2n) is 8.69. The van der Waals surface area contributed by atoms with Gasteiger partial charge in [0, 0.05) is 22.2 Å². The van der Waals surface area contributed by atoms with Gasteiger partial charge >= 0.3 is 0 Å². The Balaban J connectivity index is 1.53. The number of aryl methyl sites for hydroxylation is 2. The molecule has 0 aliphatic carbocycles. The number of amides is 1. The summed E-state index contributed by atoms with van der Waals surface area (Å²) in [7, 11) is -3.90. The summed E-state index contributed by atoms with van der Waals surface area (Å²) in [5, 5.41) is 4.76. The molecule has 0 fully saturated rings. The summed E-state index contributed by atoms with van der Waals surface area (Å²) in [4.78, 5) is 12.4. The molecule has 38 heavy (non-hydrogen) atoms. The van der Waals surface area contributed by atoms with Gasteiger partial charge in [-0.2, -0.15) is 9.41 Å². The number of hydrogen-bond donors (Lipinski definition) is 1. The van der Waals surface area contributed by atoms with Crippen LogP contribution in [0.2, 0.25) is 10.0 Å². The van der Waals surface area contributed by atoms with Gasteiger partial charge in [0.05, 0.1) is 17.7 Å². The first-order chi connectivity index (χ1) is 18.1. The number of hydrazone groups is 1. The average molecular weight is 570 g/mol. The molecule has 1 amide bonds. The van der Waals surface area contributed by atoms with E-state index in [0.717, 1.165) is 11.1 Å². The summed E-state index contributed by atoms with van der Waals surface area (Å²) >= 11 is 12.4. The molecule has 0 saturated carbocycles. The minimum absolute atomic E-state index is 0.00292. The Morgan fingerprint density at radius 3 is 2.24 bits per heavy atom. The molecular formula is C28H25Cl2N3O4S. The highest BCUT2D eigenvalue weighted by molar-refractivity contribution is 7.89. The number of nitrogens with zero attached hydrogens (tertiary/aromatic N) is 2. The lowest BCUT2D eigenvalue weighted by Gasteiger charge is -2.22. The van der Waals surface area contributed by atoms with Crippen molar-refractivity contribution in [3.05, 3.63) is 123 Å². The molecular weight excluding hydrogens is 545 g/mol. The minimum Gasteiger partial charge on any atom is -0.459 e. The summed E-state index contributed by atoms with van der Waals surface area (Å²) < 4.78 is 34.2. The van der Waals surface area contributed by atoms with Crippen LogP contribution in [0.25, 0.3) is 0 Å². The van der Waals surface area contributed by atoms with E-state index in [0.29, 0.717) is 32.7 Å². The summed E-state index contributed by atoms with van der Waals surface area (Å²) in [5.74, 6) is 0.377. The first-order valence-electron chi connectivity index (χ1n) is 11.6. The average Bonchev–Trinajstić information content (AvgIpc) is 3.33. The quantitative estimate of drug-likeness (QED) is 0.187. The van der Waals surface area contributed by atoms with E-state index in [9.17, 15) is 13.2 Å². The van der Waals surface area contributed by atoms with Gasteiger partial charge in [0.1, 0.15) is 11.5 Å². The lowest BCUT2D eigenvalue weighted by molar-refractivity contribution is 0.0955. The van der Waals surface area contributed by atoms with Crippen LogP contribution < -0.4 is 5.43 Å². The molecule has 0 unspecified atom stereocenters. The Labute approximate surface area is 231 Å². The molecule has 0 saturated heterocycles. The molecule has 1 N–H and O–H groups in total. The van der Waals surface area contributed by atoms with Crippen molar-refractivity contribution < 1.29 is 17.6 Å². The maximum absolute atomic E-state index is 13.6. The van der Waals surface area contributed by atoms with Crippen LogP contribution in [0.15, 0.2) is 93.3 Å². The number of carbonyl (C=O) groups is 1. The summed E-state index contributed by atoms with van der Waals surface area (Å²) in [6, 6.07) is 21.9. The number of furan rings is 1. The van der Waals surface area contributed by atoms with Crippen LogP contribution >= 0.6 is 23.2 Å². The zero-order valence-corrected chi connectivity index (χ0v) is 23.0. The van der Waals surface area contributed by atoms with Crippen molar-refractivity contribution in [2.24, 2.45) is 5.10 Å². The molecule has 4 aromatic rings. The molecule has 0 atom stereocenters. The van der Waals surface area contributed by atoms with Crippen LogP contribution in [-0.4, -0.2) is 24.8 Å². The number of halogens is 2. The largest absolute Gasteiger partial charge is 0.459 e. The van der Waals surface area contributed by atoms with Crippen LogP contribution in [0.4, 0.5) is 0 Å².